The van der Waals surface area contributed by atoms with Crippen molar-refractivity contribution in [1.82, 2.24) is 15.5 Å². The lowest BCUT2D eigenvalue weighted by atomic mass is 9.95. The molecular formula is C18H34N4O2. The minimum Gasteiger partial charge on any atom is -0.444 e. The van der Waals surface area contributed by atoms with Gasteiger partial charge >= 0.3 is 6.09 Å². The first-order valence-electron chi connectivity index (χ1n) is 9.40. The minimum absolute atomic E-state index is 0.181. The summed E-state index contributed by atoms with van der Waals surface area (Å²) in [6.45, 7) is 11.1. The lowest BCUT2D eigenvalue weighted by molar-refractivity contribution is 0.0163. The predicted molar refractivity (Wildman–Crippen MR) is 97.3 cm³/mol. The second-order valence-corrected chi connectivity index (χ2v) is 7.90. The zero-order chi connectivity index (χ0) is 17.6. The predicted octanol–water partition coefficient (Wildman–Crippen LogP) is 2.74. The number of hydrogen-bond donors (Lipinski definition) is 2. The fraction of sp³-hybridized carbons (Fsp3) is 0.889. The van der Waals surface area contributed by atoms with Crippen LogP contribution in [0.25, 0.3) is 0 Å². The summed E-state index contributed by atoms with van der Waals surface area (Å²) in [5, 5.41) is 6.74. The molecule has 1 saturated heterocycles. The van der Waals surface area contributed by atoms with Crippen LogP contribution in [0.3, 0.4) is 0 Å². The Hall–Kier alpha value is -1.46. The topological polar surface area (TPSA) is 66.0 Å². The molecule has 6 nitrogen and oxygen atoms in total. The van der Waals surface area contributed by atoms with E-state index in [9.17, 15) is 4.79 Å². The fourth-order valence-corrected chi connectivity index (χ4v) is 2.89. The molecule has 2 aliphatic rings. The Balaban J connectivity index is 1.76. The second-order valence-electron chi connectivity index (χ2n) is 7.90. The van der Waals surface area contributed by atoms with Gasteiger partial charge in [-0.1, -0.05) is 0 Å². The Morgan fingerprint density at radius 1 is 1.29 bits per heavy atom. The van der Waals surface area contributed by atoms with Crippen LogP contribution >= 0.6 is 0 Å². The third kappa shape index (κ3) is 6.97. The van der Waals surface area contributed by atoms with Crippen molar-refractivity contribution in [2.45, 2.75) is 71.4 Å². The van der Waals surface area contributed by atoms with E-state index in [4.69, 9.17) is 4.74 Å². The first-order valence-corrected chi connectivity index (χ1v) is 9.40. The molecule has 0 aromatic rings. The summed E-state index contributed by atoms with van der Waals surface area (Å²) in [5.41, 5.74) is -0.427. The summed E-state index contributed by atoms with van der Waals surface area (Å²) in [6, 6.07) is 0.611. The molecule has 1 heterocycles. The molecule has 1 atom stereocenters. The van der Waals surface area contributed by atoms with E-state index in [0.717, 1.165) is 45.0 Å². The minimum atomic E-state index is -0.427. The largest absolute Gasteiger partial charge is 0.444 e. The molecule has 0 aromatic heterocycles. The van der Waals surface area contributed by atoms with Crippen molar-refractivity contribution in [2.24, 2.45) is 10.9 Å². The van der Waals surface area contributed by atoms with Gasteiger partial charge in [-0.25, -0.2) is 4.79 Å². The molecular weight excluding hydrogens is 304 g/mol. The van der Waals surface area contributed by atoms with Crippen LogP contribution in [0.1, 0.15) is 59.8 Å². The average Bonchev–Trinajstić information content (AvgIpc) is 3.30. The summed E-state index contributed by atoms with van der Waals surface area (Å²) < 4.78 is 5.49. The molecule has 1 aliphatic heterocycles. The van der Waals surface area contributed by atoms with Crippen LogP contribution in [0.5, 0.6) is 0 Å². The number of carbonyl (C=O) groups is 1. The Morgan fingerprint density at radius 3 is 2.67 bits per heavy atom. The highest BCUT2D eigenvalue weighted by molar-refractivity contribution is 5.80. The molecule has 1 saturated carbocycles. The second kappa shape index (κ2) is 8.58. The van der Waals surface area contributed by atoms with Crippen LogP contribution in [0.2, 0.25) is 0 Å². The Labute approximate surface area is 146 Å². The van der Waals surface area contributed by atoms with Gasteiger partial charge in [0.05, 0.1) is 0 Å². The van der Waals surface area contributed by atoms with Crippen LogP contribution < -0.4 is 10.6 Å². The van der Waals surface area contributed by atoms with Crippen LogP contribution in [0, 0.1) is 5.92 Å². The molecule has 0 aromatic carbocycles. The van der Waals surface area contributed by atoms with Crippen molar-refractivity contribution in [1.29, 1.82) is 0 Å². The first kappa shape index (κ1) is 18.9. The molecule has 1 amide bonds. The molecule has 0 bridgehead atoms. The maximum atomic E-state index is 12.2. The van der Waals surface area contributed by atoms with Crippen molar-refractivity contribution in [3.8, 4) is 0 Å². The van der Waals surface area contributed by atoms with Crippen LogP contribution in [-0.2, 0) is 4.74 Å². The summed E-state index contributed by atoms with van der Waals surface area (Å²) in [4.78, 5) is 18.7. The van der Waals surface area contributed by atoms with E-state index in [0.29, 0.717) is 12.0 Å². The number of rotatable bonds is 5. The maximum Gasteiger partial charge on any atom is 0.410 e. The van der Waals surface area contributed by atoms with Crippen LogP contribution in [0.4, 0.5) is 4.79 Å². The Bertz CT molecular complexity index is 441. The third-order valence-corrected chi connectivity index (χ3v) is 4.24. The van der Waals surface area contributed by atoms with Gasteiger partial charge in [-0.2, -0.15) is 0 Å². The quantitative estimate of drug-likeness (QED) is 0.597. The number of carbonyl (C=O) groups excluding carboxylic acids is 1. The SMILES string of the molecule is CCNC(=NCCC1CCCN(C(=O)OC(C)(C)C)C1)NC1CC1. The van der Waals surface area contributed by atoms with E-state index in [1.165, 1.54) is 19.3 Å². The van der Waals surface area contributed by atoms with Gasteiger partial charge in [0, 0.05) is 32.2 Å². The summed E-state index contributed by atoms with van der Waals surface area (Å²) >= 11 is 0. The van der Waals surface area contributed by atoms with Gasteiger partial charge in [0.2, 0.25) is 0 Å². The highest BCUT2D eigenvalue weighted by Crippen LogP contribution is 2.22. The molecule has 6 heteroatoms. The molecule has 0 spiro atoms. The molecule has 0 radical (unpaired) electrons. The molecule has 24 heavy (non-hydrogen) atoms. The molecule has 1 aliphatic carbocycles. The van der Waals surface area contributed by atoms with Gasteiger partial charge in [-0.15, -0.1) is 0 Å². The zero-order valence-corrected chi connectivity index (χ0v) is 15.7. The summed E-state index contributed by atoms with van der Waals surface area (Å²) in [5.74, 6) is 1.44. The Kier molecular flexibility index (Phi) is 6.75. The number of amides is 1. The molecule has 2 N–H and O–H groups in total. The number of aliphatic imine (C=N–C) groups is 1. The van der Waals surface area contributed by atoms with Crippen molar-refractivity contribution in [2.75, 3.05) is 26.2 Å². The highest BCUT2D eigenvalue weighted by atomic mass is 16.6. The number of ether oxygens (including phenoxy) is 1. The standard InChI is InChI=1S/C18H34N4O2/c1-5-19-16(21-15-8-9-15)20-11-10-14-7-6-12-22(13-14)17(23)24-18(2,3)4/h14-15H,5-13H2,1-4H3,(H2,19,20,21). The van der Waals surface area contributed by atoms with E-state index >= 15 is 0 Å². The van der Waals surface area contributed by atoms with E-state index in [-0.39, 0.29) is 6.09 Å². The van der Waals surface area contributed by atoms with E-state index < -0.39 is 5.60 Å². The van der Waals surface area contributed by atoms with Crippen LogP contribution in [0.15, 0.2) is 4.99 Å². The van der Waals surface area contributed by atoms with Gasteiger partial charge in [0.15, 0.2) is 5.96 Å². The van der Waals surface area contributed by atoms with Gasteiger partial charge in [0.1, 0.15) is 5.60 Å². The van der Waals surface area contributed by atoms with Gasteiger partial charge in [0.25, 0.3) is 0 Å². The smallest absolute Gasteiger partial charge is 0.410 e. The number of piperidine rings is 1. The van der Waals surface area contributed by atoms with Crippen LogP contribution in [-0.4, -0.2) is 54.8 Å². The van der Waals surface area contributed by atoms with E-state index in [1.54, 1.807) is 0 Å². The first-order chi connectivity index (χ1) is 11.4. The van der Waals surface area contributed by atoms with Crippen molar-refractivity contribution >= 4 is 12.1 Å². The third-order valence-electron chi connectivity index (χ3n) is 4.24. The number of nitrogens with zero attached hydrogens (tertiary/aromatic N) is 2. The molecule has 1 unspecified atom stereocenters. The number of likely N-dealkylation sites (tertiary alicyclic amines) is 1. The van der Waals surface area contributed by atoms with Gasteiger partial charge in [-0.3, -0.25) is 4.99 Å². The Morgan fingerprint density at radius 2 is 2.04 bits per heavy atom. The summed E-state index contributed by atoms with van der Waals surface area (Å²) in [6.07, 6.45) is 5.55. The maximum absolute atomic E-state index is 12.2. The van der Waals surface area contributed by atoms with E-state index in [2.05, 4.69) is 22.5 Å². The van der Waals surface area contributed by atoms with Gasteiger partial charge in [-0.05, 0) is 65.7 Å². The molecule has 2 rings (SSSR count). The van der Waals surface area contributed by atoms with E-state index in [1.807, 2.05) is 25.7 Å². The van der Waals surface area contributed by atoms with Crippen molar-refractivity contribution < 1.29 is 9.53 Å². The number of guanidine groups is 1. The zero-order valence-electron chi connectivity index (χ0n) is 15.7. The highest BCUT2D eigenvalue weighted by Gasteiger charge is 2.27. The lowest BCUT2D eigenvalue weighted by Gasteiger charge is -2.34. The van der Waals surface area contributed by atoms with Crippen molar-refractivity contribution in [3.05, 3.63) is 0 Å². The number of hydrogen-bond acceptors (Lipinski definition) is 3. The lowest BCUT2D eigenvalue weighted by Crippen LogP contribution is -2.43. The summed E-state index contributed by atoms with van der Waals surface area (Å²) in [7, 11) is 0. The number of nitrogens with one attached hydrogen (secondary N) is 2. The molecule has 2 fully saturated rings. The van der Waals surface area contributed by atoms with Crippen molar-refractivity contribution in [3.63, 3.8) is 0 Å². The molecule has 138 valence electrons. The normalized spacial score (nSPS) is 22.2. The average molecular weight is 338 g/mol. The monoisotopic (exact) mass is 338 g/mol. The fourth-order valence-electron chi connectivity index (χ4n) is 2.89. The van der Waals surface area contributed by atoms with Gasteiger partial charge < -0.3 is 20.3 Å².